The summed E-state index contributed by atoms with van der Waals surface area (Å²) in [4.78, 5) is 18.9. The van der Waals surface area contributed by atoms with Gasteiger partial charge in [-0.1, -0.05) is 30.3 Å². The van der Waals surface area contributed by atoms with Gasteiger partial charge >= 0.3 is 6.03 Å². The highest BCUT2D eigenvalue weighted by molar-refractivity contribution is 7.10. The van der Waals surface area contributed by atoms with E-state index in [1.807, 2.05) is 42.6 Å². The summed E-state index contributed by atoms with van der Waals surface area (Å²) in [5.74, 6) is 0.378. The molecule has 1 aromatic carbocycles. The number of hydrogen-bond donors (Lipinski definition) is 1. The van der Waals surface area contributed by atoms with Crippen LogP contribution in [0.4, 0.5) is 4.79 Å². The Labute approximate surface area is 121 Å². The summed E-state index contributed by atoms with van der Waals surface area (Å²) in [5.41, 5.74) is 8.06. The van der Waals surface area contributed by atoms with E-state index in [2.05, 4.69) is 11.1 Å². The highest BCUT2D eigenvalue weighted by atomic mass is 32.1. The van der Waals surface area contributed by atoms with Crippen LogP contribution in [-0.2, 0) is 6.54 Å². The smallest absolute Gasteiger partial charge is 0.346 e. The van der Waals surface area contributed by atoms with Crippen molar-refractivity contribution >= 4 is 23.2 Å². The van der Waals surface area contributed by atoms with E-state index >= 15 is 0 Å². The van der Waals surface area contributed by atoms with Gasteiger partial charge in [-0.25, -0.2) is 4.79 Å². The van der Waals surface area contributed by atoms with Gasteiger partial charge in [0.2, 0.25) is 0 Å². The molecule has 2 N–H and O–H groups in total. The lowest BCUT2D eigenvalue weighted by Gasteiger charge is -2.23. The Balaban J connectivity index is 1.90. The van der Waals surface area contributed by atoms with Gasteiger partial charge in [-0.2, -0.15) is 4.99 Å². The summed E-state index contributed by atoms with van der Waals surface area (Å²) in [7, 11) is 0. The van der Waals surface area contributed by atoms with Crippen molar-refractivity contribution in [2.45, 2.75) is 19.5 Å². The lowest BCUT2D eigenvalue weighted by molar-refractivity contribution is 0.204. The molecule has 4 nitrogen and oxygen atoms in total. The Morgan fingerprint density at radius 1 is 1.35 bits per heavy atom. The summed E-state index contributed by atoms with van der Waals surface area (Å²) in [6.45, 7) is 2.56. The van der Waals surface area contributed by atoms with Crippen LogP contribution in [0, 0.1) is 6.92 Å². The Hall–Kier alpha value is -2.14. The van der Waals surface area contributed by atoms with Gasteiger partial charge in [0.05, 0.1) is 0 Å². The molecule has 0 saturated heterocycles. The first-order chi connectivity index (χ1) is 9.65. The molecule has 1 aliphatic rings. The third-order valence-corrected chi connectivity index (χ3v) is 4.20. The predicted octanol–water partition coefficient (Wildman–Crippen LogP) is 3.09. The zero-order chi connectivity index (χ0) is 14.1. The summed E-state index contributed by atoms with van der Waals surface area (Å²) >= 11 is 1.65. The van der Waals surface area contributed by atoms with Gasteiger partial charge in [-0.15, -0.1) is 11.3 Å². The molecule has 0 saturated carbocycles. The molecule has 0 radical (unpaired) electrons. The molecule has 0 aliphatic carbocycles. The van der Waals surface area contributed by atoms with Crippen LogP contribution in [0.1, 0.15) is 22.0 Å². The summed E-state index contributed by atoms with van der Waals surface area (Å²) < 4.78 is 0. The molecule has 2 heterocycles. The van der Waals surface area contributed by atoms with E-state index in [9.17, 15) is 4.79 Å². The van der Waals surface area contributed by atoms with Crippen molar-refractivity contribution in [1.82, 2.24) is 4.90 Å². The number of carbonyl (C=O) groups is 1. The Morgan fingerprint density at radius 3 is 2.75 bits per heavy atom. The van der Waals surface area contributed by atoms with E-state index in [0.29, 0.717) is 12.4 Å². The van der Waals surface area contributed by atoms with Crippen LogP contribution >= 0.6 is 11.3 Å². The van der Waals surface area contributed by atoms with E-state index in [1.54, 1.807) is 16.2 Å². The topological polar surface area (TPSA) is 58.7 Å². The maximum Gasteiger partial charge on any atom is 0.346 e. The zero-order valence-corrected chi connectivity index (χ0v) is 11.9. The summed E-state index contributed by atoms with van der Waals surface area (Å²) in [5, 5.41) is 2.04. The third-order valence-electron chi connectivity index (χ3n) is 3.32. The Morgan fingerprint density at radius 2 is 2.10 bits per heavy atom. The second kappa shape index (κ2) is 5.09. The first-order valence-electron chi connectivity index (χ1n) is 6.39. The molecule has 1 aliphatic heterocycles. The Bertz CT molecular complexity index is 663. The highest BCUT2D eigenvalue weighted by Crippen LogP contribution is 2.31. The fraction of sp³-hybridized carbons (Fsp3) is 0.200. The molecule has 1 aromatic heterocycles. The molecule has 0 bridgehead atoms. The number of aliphatic imine (C=N–C) groups is 1. The largest absolute Gasteiger partial charge is 0.385 e. The number of carbonyl (C=O) groups excluding carboxylic acids is 1. The summed E-state index contributed by atoms with van der Waals surface area (Å²) in [6, 6.07) is 11.4. The van der Waals surface area contributed by atoms with E-state index < -0.39 is 0 Å². The number of hydrogen-bond acceptors (Lipinski definition) is 3. The molecule has 102 valence electrons. The minimum absolute atomic E-state index is 0.243. The van der Waals surface area contributed by atoms with Gasteiger partial charge < -0.3 is 10.6 Å². The van der Waals surface area contributed by atoms with Crippen LogP contribution in [-0.4, -0.2) is 16.8 Å². The molecule has 2 aromatic rings. The molecule has 1 unspecified atom stereocenters. The standard InChI is InChI=1S/C15H15N3OS/c1-10-7-12(9-20-10)13-14(16)17-15(19)18(13)8-11-5-3-2-4-6-11/h2-7,9,13H,8H2,1H3,(H2,16,17,19). The van der Waals surface area contributed by atoms with E-state index in [1.165, 1.54) is 4.88 Å². The lowest BCUT2D eigenvalue weighted by Crippen LogP contribution is -2.32. The first-order valence-corrected chi connectivity index (χ1v) is 7.27. The minimum atomic E-state index is -0.264. The first kappa shape index (κ1) is 12.9. The van der Waals surface area contributed by atoms with Crippen molar-refractivity contribution < 1.29 is 4.79 Å². The normalized spacial score (nSPS) is 18.4. The molecular weight excluding hydrogens is 270 g/mol. The maximum absolute atomic E-state index is 12.0. The third kappa shape index (κ3) is 2.32. The molecule has 1 atom stereocenters. The second-order valence-electron chi connectivity index (χ2n) is 4.83. The van der Waals surface area contributed by atoms with Gasteiger partial charge in [0, 0.05) is 11.4 Å². The predicted molar refractivity (Wildman–Crippen MR) is 80.8 cm³/mol. The zero-order valence-electron chi connectivity index (χ0n) is 11.1. The molecule has 3 rings (SSSR count). The molecule has 0 fully saturated rings. The number of benzene rings is 1. The molecule has 2 amide bonds. The number of urea groups is 1. The van der Waals surface area contributed by atoms with Crippen LogP contribution in [0.15, 0.2) is 46.8 Å². The van der Waals surface area contributed by atoms with Crippen molar-refractivity contribution in [1.29, 1.82) is 0 Å². The van der Waals surface area contributed by atoms with Crippen molar-refractivity contribution in [3.05, 3.63) is 57.8 Å². The van der Waals surface area contributed by atoms with Gasteiger partial charge in [0.1, 0.15) is 11.9 Å². The fourth-order valence-corrected chi connectivity index (χ4v) is 3.13. The fourth-order valence-electron chi connectivity index (χ4n) is 2.40. The quantitative estimate of drug-likeness (QED) is 0.942. The number of amides is 2. The van der Waals surface area contributed by atoms with Gasteiger partial charge in [-0.3, -0.25) is 0 Å². The van der Waals surface area contributed by atoms with Crippen LogP contribution < -0.4 is 5.73 Å². The van der Waals surface area contributed by atoms with E-state index in [0.717, 1.165) is 11.1 Å². The van der Waals surface area contributed by atoms with Crippen molar-refractivity contribution in [2.24, 2.45) is 10.7 Å². The Kier molecular flexibility index (Phi) is 3.28. The number of thiophene rings is 1. The molecule has 5 heteroatoms. The second-order valence-corrected chi connectivity index (χ2v) is 5.94. The van der Waals surface area contributed by atoms with Crippen LogP contribution in [0.25, 0.3) is 0 Å². The van der Waals surface area contributed by atoms with Crippen molar-refractivity contribution in [2.75, 3.05) is 0 Å². The van der Waals surface area contributed by atoms with Gasteiger partial charge in [0.25, 0.3) is 0 Å². The molecule has 20 heavy (non-hydrogen) atoms. The number of nitrogens with two attached hydrogens (primary N) is 1. The van der Waals surface area contributed by atoms with Crippen LogP contribution in [0.3, 0.4) is 0 Å². The van der Waals surface area contributed by atoms with Crippen LogP contribution in [0.5, 0.6) is 0 Å². The van der Waals surface area contributed by atoms with E-state index in [-0.39, 0.29) is 12.1 Å². The van der Waals surface area contributed by atoms with Crippen molar-refractivity contribution in [3.63, 3.8) is 0 Å². The minimum Gasteiger partial charge on any atom is -0.385 e. The summed E-state index contributed by atoms with van der Waals surface area (Å²) in [6.07, 6.45) is 0. The average Bonchev–Trinajstić information content (AvgIpc) is 2.95. The number of amidine groups is 1. The monoisotopic (exact) mass is 285 g/mol. The van der Waals surface area contributed by atoms with Crippen LogP contribution in [0.2, 0.25) is 0 Å². The average molecular weight is 285 g/mol. The SMILES string of the molecule is Cc1cc(C2C(N)=NC(=O)N2Cc2ccccc2)cs1. The number of nitrogens with zero attached hydrogens (tertiary/aromatic N) is 2. The van der Waals surface area contributed by atoms with Gasteiger partial charge in [0.15, 0.2) is 0 Å². The highest BCUT2D eigenvalue weighted by Gasteiger charge is 2.34. The van der Waals surface area contributed by atoms with E-state index in [4.69, 9.17) is 5.73 Å². The number of rotatable bonds is 3. The maximum atomic E-state index is 12.0. The molecule has 0 spiro atoms. The lowest BCUT2D eigenvalue weighted by atomic mass is 10.1. The number of aryl methyl sites for hydroxylation is 1. The van der Waals surface area contributed by atoms with Crippen molar-refractivity contribution in [3.8, 4) is 0 Å². The van der Waals surface area contributed by atoms with Gasteiger partial charge in [-0.05, 0) is 29.5 Å². The molecular formula is C15H15N3OS.